The van der Waals surface area contributed by atoms with E-state index in [1.165, 1.54) is 0 Å². The molecule has 0 aliphatic carbocycles. The van der Waals surface area contributed by atoms with Crippen LogP contribution in [0, 0.1) is 0 Å². The average Bonchev–Trinajstić information content (AvgIpc) is 2.11. The van der Waals surface area contributed by atoms with Crippen molar-refractivity contribution in [3.05, 3.63) is 10.8 Å². The summed E-state index contributed by atoms with van der Waals surface area (Å²) in [4.78, 5) is 17.6. The fourth-order valence-corrected chi connectivity index (χ4v) is 1.31. The summed E-state index contributed by atoms with van der Waals surface area (Å²) in [6.07, 6.45) is -0.0695. The van der Waals surface area contributed by atoms with Crippen LogP contribution in [0.15, 0.2) is 0 Å². The Bertz CT molecular complexity index is 349. The van der Waals surface area contributed by atoms with E-state index in [0.29, 0.717) is 11.8 Å². The van der Waals surface area contributed by atoms with Crippen LogP contribution in [0.25, 0.3) is 0 Å². The van der Waals surface area contributed by atoms with Gasteiger partial charge in [0.15, 0.2) is 0 Å². The van der Waals surface area contributed by atoms with Crippen molar-refractivity contribution in [3.8, 4) is 0 Å². The Morgan fingerprint density at radius 2 is 1.93 bits per heavy atom. The minimum absolute atomic E-state index is 0.0154. The highest BCUT2D eigenvalue weighted by atomic mass is 35.5. The van der Waals surface area contributed by atoms with Gasteiger partial charge in [-0.15, -0.1) is 0 Å². The Hall–Kier alpha value is -1.40. The van der Waals surface area contributed by atoms with Crippen LogP contribution < -0.4 is 11.5 Å². The number of hydrogen-bond donors (Lipinski definition) is 3. The van der Waals surface area contributed by atoms with Gasteiger partial charge < -0.3 is 21.4 Å². The van der Waals surface area contributed by atoms with Crippen molar-refractivity contribution >= 4 is 29.5 Å². The average molecular weight is 231 g/mol. The third kappa shape index (κ3) is 3.03. The molecule has 0 saturated heterocycles. The third-order valence-corrected chi connectivity index (χ3v) is 2.02. The molecule has 1 atom stereocenters. The molecule has 1 heterocycles. The van der Waals surface area contributed by atoms with Gasteiger partial charge in [-0.2, -0.15) is 0 Å². The van der Waals surface area contributed by atoms with E-state index in [0.717, 1.165) is 0 Å². The second-order valence-corrected chi connectivity index (χ2v) is 3.34. The lowest BCUT2D eigenvalue weighted by molar-refractivity contribution is -0.109. The number of nitrogens with two attached hydrogens (primary N) is 2. The molecule has 0 bridgehead atoms. The first-order chi connectivity index (χ1) is 7.04. The monoisotopic (exact) mass is 230 g/mol. The van der Waals surface area contributed by atoms with Crippen molar-refractivity contribution < 1.29 is 9.90 Å². The number of carbonyl (C=O) groups excluding carboxylic acids is 1. The number of halogens is 1. The Labute approximate surface area is 91.3 Å². The van der Waals surface area contributed by atoms with E-state index in [-0.39, 0.29) is 29.8 Å². The van der Waals surface area contributed by atoms with Crippen LogP contribution in [0.3, 0.4) is 0 Å². The van der Waals surface area contributed by atoms with Crippen LogP contribution in [-0.2, 0) is 11.2 Å². The van der Waals surface area contributed by atoms with Gasteiger partial charge >= 0.3 is 0 Å². The quantitative estimate of drug-likeness (QED) is 0.487. The maximum absolute atomic E-state index is 10.2. The second kappa shape index (κ2) is 4.90. The Morgan fingerprint density at radius 3 is 2.40 bits per heavy atom. The van der Waals surface area contributed by atoms with Gasteiger partial charge in [0, 0.05) is 18.4 Å². The Balaban J connectivity index is 2.89. The van der Waals surface area contributed by atoms with E-state index in [1.807, 2.05) is 0 Å². The van der Waals surface area contributed by atoms with Crippen LogP contribution in [0.4, 0.5) is 11.6 Å². The molecule has 0 saturated carbocycles. The normalized spacial score (nSPS) is 12.4. The molecular weight excluding hydrogens is 220 g/mol. The van der Waals surface area contributed by atoms with Crippen molar-refractivity contribution in [3.63, 3.8) is 0 Å². The minimum atomic E-state index is -0.836. The van der Waals surface area contributed by atoms with Crippen molar-refractivity contribution in [2.45, 2.75) is 18.9 Å². The molecule has 7 heteroatoms. The molecule has 6 nitrogen and oxygen atoms in total. The number of hydrogen-bond acceptors (Lipinski definition) is 6. The van der Waals surface area contributed by atoms with Crippen LogP contribution >= 0.6 is 11.6 Å². The molecule has 5 N–H and O–H groups in total. The summed E-state index contributed by atoms with van der Waals surface area (Å²) in [6, 6.07) is 0. The number of aldehydes is 1. The summed E-state index contributed by atoms with van der Waals surface area (Å²) in [7, 11) is 0. The second-order valence-electron chi connectivity index (χ2n) is 3.00. The molecule has 0 amide bonds. The topological polar surface area (TPSA) is 115 Å². The van der Waals surface area contributed by atoms with Crippen molar-refractivity contribution in [1.29, 1.82) is 0 Å². The van der Waals surface area contributed by atoms with Gasteiger partial charge in [-0.1, -0.05) is 0 Å². The number of aliphatic hydroxyl groups excluding tert-OH is 1. The predicted octanol–water partition coefficient (Wildman–Crippen LogP) is -0.213. The molecule has 1 aromatic heterocycles. The highest BCUT2D eigenvalue weighted by Gasteiger charge is 2.13. The number of rotatable bonds is 4. The molecule has 0 aliphatic rings. The lowest BCUT2D eigenvalue weighted by atomic mass is 10.1. The zero-order valence-electron chi connectivity index (χ0n) is 7.85. The van der Waals surface area contributed by atoms with E-state index in [9.17, 15) is 9.90 Å². The van der Waals surface area contributed by atoms with Crippen LogP contribution in [0.2, 0.25) is 5.28 Å². The first kappa shape index (κ1) is 11.7. The van der Waals surface area contributed by atoms with E-state index in [4.69, 9.17) is 23.1 Å². The van der Waals surface area contributed by atoms with Gasteiger partial charge in [0.2, 0.25) is 5.28 Å². The van der Waals surface area contributed by atoms with Crippen LogP contribution in [0.5, 0.6) is 0 Å². The smallest absolute Gasteiger partial charge is 0.226 e. The largest absolute Gasteiger partial charge is 0.392 e. The minimum Gasteiger partial charge on any atom is -0.392 e. The third-order valence-electron chi connectivity index (χ3n) is 1.85. The molecule has 0 radical (unpaired) electrons. The Kier molecular flexibility index (Phi) is 3.81. The maximum atomic E-state index is 10.2. The van der Waals surface area contributed by atoms with Gasteiger partial charge in [0.25, 0.3) is 0 Å². The number of carbonyl (C=O) groups is 1. The Morgan fingerprint density at radius 1 is 1.40 bits per heavy atom. The van der Waals surface area contributed by atoms with Gasteiger partial charge in [-0.3, -0.25) is 0 Å². The number of aromatic nitrogens is 2. The number of nitrogens with zero attached hydrogens (tertiary/aromatic N) is 2. The van der Waals surface area contributed by atoms with Gasteiger partial charge in [0.05, 0.1) is 6.10 Å². The molecule has 82 valence electrons. The maximum Gasteiger partial charge on any atom is 0.226 e. The van der Waals surface area contributed by atoms with Crippen molar-refractivity contribution in [2.75, 3.05) is 11.5 Å². The summed E-state index contributed by atoms with van der Waals surface area (Å²) < 4.78 is 0. The number of anilines is 2. The molecule has 15 heavy (non-hydrogen) atoms. The summed E-state index contributed by atoms with van der Waals surface area (Å²) >= 11 is 5.52. The summed E-state index contributed by atoms with van der Waals surface area (Å²) in [5, 5.41) is 9.35. The molecular formula is C8H11ClN4O2. The summed E-state index contributed by atoms with van der Waals surface area (Å²) in [5.41, 5.74) is 11.5. The number of aliphatic hydroxyl groups is 1. The first-order valence-electron chi connectivity index (χ1n) is 4.23. The highest BCUT2D eigenvalue weighted by molar-refractivity contribution is 6.28. The van der Waals surface area contributed by atoms with E-state index < -0.39 is 6.10 Å². The molecule has 1 aromatic rings. The number of nitrogen functional groups attached to an aromatic ring is 2. The molecule has 0 fully saturated rings. The predicted molar refractivity (Wildman–Crippen MR) is 56.3 cm³/mol. The van der Waals surface area contributed by atoms with Crippen LogP contribution in [-0.4, -0.2) is 27.5 Å². The zero-order chi connectivity index (χ0) is 11.4. The lowest BCUT2D eigenvalue weighted by Gasteiger charge is -2.10. The van der Waals surface area contributed by atoms with E-state index in [2.05, 4.69) is 9.97 Å². The van der Waals surface area contributed by atoms with Gasteiger partial charge in [-0.05, 0) is 11.6 Å². The fraction of sp³-hybridized carbons (Fsp3) is 0.375. The lowest BCUT2D eigenvalue weighted by Crippen LogP contribution is -2.15. The SMILES string of the molecule is Nc1nc(Cl)nc(N)c1CC(O)CC=O. The summed E-state index contributed by atoms with van der Waals surface area (Å²) in [5.74, 6) is 0.245. The molecule has 1 rings (SSSR count). The molecule has 0 aliphatic heterocycles. The highest BCUT2D eigenvalue weighted by Crippen LogP contribution is 2.20. The zero-order valence-corrected chi connectivity index (χ0v) is 8.61. The van der Waals surface area contributed by atoms with Crippen LogP contribution in [0.1, 0.15) is 12.0 Å². The van der Waals surface area contributed by atoms with Crippen molar-refractivity contribution in [1.82, 2.24) is 9.97 Å². The van der Waals surface area contributed by atoms with E-state index >= 15 is 0 Å². The van der Waals surface area contributed by atoms with E-state index in [1.54, 1.807) is 0 Å². The fourth-order valence-electron chi connectivity index (χ4n) is 1.13. The molecule has 0 spiro atoms. The van der Waals surface area contributed by atoms with Crippen molar-refractivity contribution in [2.24, 2.45) is 0 Å². The standard InChI is InChI=1S/C8H11ClN4O2/c9-8-12-6(10)5(7(11)13-8)3-4(15)1-2-14/h2,4,15H,1,3H2,(H4,10,11,12,13). The molecule has 0 aromatic carbocycles. The molecule has 1 unspecified atom stereocenters. The summed E-state index contributed by atoms with van der Waals surface area (Å²) in [6.45, 7) is 0. The first-order valence-corrected chi connectivity index (χ1v) is 4.61. The van der Waals surface area contributed by atoms with Gasteiger partial charge in [-0.25, -0.2) is 9.97 Å². The van der Waals surface area contributed by atoms with Gasteiger partial charge in [0.1, 0.15) is 17.9 Å².